The Labute approximate surface area is 124 Å². The second kappa shape index (κ2) is 6.35. The predicted molar refractivity (Wildman–Crippen MR) is 75.5 cm³/mol. The van der Waals surface area contributed by atoms with Gasteiger partial charge in [-0.05, 0) is 19.4 Å². The first kappa shape index (κ1) is 15.0. The maximum absolute atomic E-state index is 11.7. The van der Waals surface area contributed by atoms with Crippen LogP contribution in [0.4, 0.5) is 9.93 Å². The summed E-state index contributed by atoms with van der Waals surface area (Å²) < 4.78 is 5.25. The Hall–Kier alpha value is -2.42. The number of furan rings is 1. The lowest BCUT2D eigenvalue weighted by Gasteiger charge is -2.02. The number of anilines is 1. The fourth-order valence-corrected chi connectivity index (χ4v) is 2.27. The quantitative estimate of drug-likeness (QED) is 0.777. The average Bonchev–Trinajstić information content (AvgIpc) is 3.03. The van der Waals surface area contributed by atoms with Crippen molar-refractivity contribution in [3.05, 3.63) is 28.2 Å². The van der Waals surface area contributed by atoms with E-state index in [1.54, 1.807) is 6.92 Å². The van der Waals surface area contributed by atoms with Gasteiger partial charge in [0.15, 0.2) is 0 Å². The van der Waals surface area contributed by atoms with Crippen LogP contribution in [0.3, 0.4) is 0 Å². The Morgan fingerprint density at radius 3 is 2.76 bits per heavy atom. The zero-order chi connectivity index (χ0) is 15.4. The van der Waals surface area contributed by atoms with Gasteiger partial charge in [0.1, 0.15) is 22.1 Å². The van der Waals surface area contributed by atoms with Gasteiger partial charge in [-0.1, -0.05) is 18.3 Å². The van der Waals surface area contributed by atoms with E-state index in [4.69, 9.17) is 9.52 Å². The lowest BCUT2D eigenvalue weighted by molar-refractivity contribution is 0.0695. The zero-order valence-corrected chi connectivity index (χ0v) is 12.3. The van der Waals surface area contributed by atoms with Gasteiger partial charge in [0.05, 0.1) is 6.54 Å². The van der Waals surface area contributed by atoms with Crippen molar-refractivity contribution in [2.45, 2.75) is 26.8 Å². The van der Waals surface area contributed by atoms with Crippen LogP contribution in [-0.4, -0.2) is 27.3 Å². The average molecular weight is 310 g/mol. The molecular formula is C12H14N4O4S. The topological polar surface area (TPSA) is 117 Å². The molecule has 2 rings (SSSR count). The van der Waals surface area contributed by atoms with Gasteiger partial charge in [-0.2, -0.15) is 0 Å². The Morgan fingerprint density at radius 1 is 1.43 bits per heavy atom. The highest BCUT2D eigenvalue weighted by molar-refractivity contribution is 7.15. The molecular weight excluding hydrogens is 296 g/mol. The number of amides is 2. The van der Waals surface area contributed by atoms with Crippen molar-refractivity contribution < 1.29 is 19.1 Å². The molecule has 0 spiro atoms. The second-order valence-electron chi connectivity index (χ2n) is 4.15. The molecule has 8 nitrogen and oxygen atoms in total. The number of nitrogens with zero attached hydrogens (tertiary/aromatic N) is 2. The van der Waals surface area contributed by atoms with Gasteiger partial charge in [-0.25, -0.2) is 9.59 Å². The highest BCUT2D eigenvalue weighted by Gasteiger charge is 2.14. The fourth-order valence-electron chi connectivity index (χ4n) is 1.60. The molecule has 0 aliphatic rings. The van der Waals surface area contributed by atoms with Gasteiger partial charge < -0.3 is 14.8 Å². The summed E-state index contributed by atoms with van der Waals surface area (Å²) in [5.41, 5.74) is 0.0870. The fraction of sp³-hybridized carbons (Fsp3) is 0.333. The number of carbonyl (C=O) groups excluding carboxylic acids is 1. The first-order valence-electron chi connectivity index (χ1n) is 6.19. The summed E-state index contributed by atoms with van der Waals surface area (Å²) in [6.45, 7) is 3.59. The number of rotatable bonds is 5. The van der Waals surface area contributed by atoms with Gasteiger partial charge in [0, 0.05) is 0 Å². The summed E-state index contributed by atoms with van der Waals surface area (Å²) >= 11 is 1.30. The first-order valence-corrected chi connectivity index (χ1v) is 7.01. The van der Waals surface area contributed by atoms with Gasteiger partial charge in [0.25, 0.3) is 0 Å². The smallest absolute Gasteiger partial charge is 0.339 e. The minimum atomic E-state index is -1.06. The maximum atomic E-state index is 11.7. The van der Waals surface area contributed by atoms with Crippen LogP contribution >= 0.6 is 11.3 Å². The summed E-state index contributed by atoms with van der Waals surface area (Å²) in [6, 6.07) is 0.928. The van der Waals surface area contributed by atoms with Crippen LogP contribution in [0.5, 0.6) is 0 Å². The van der Waals surface area contributed by atoms with Crippen molar-refractivity contribution in [2.24, 2.45) is 0 Å². The molecule has 2 aromatic rings. The van der Waals surface area contributed by atoms with Gasteiger partial charge in [0.2, 0.25) is 5.13 Å². The third-order valence-corrected chi connectivity index (χ3v) is 3.60. The molecule has 2 heterocycles. The highest BCUT2D eigenvalue weighted by Crippen LogP contribution is 2.16. The lowest BCUT2D eigenvalue weighted by Crippen LogP contribution is -2.27. The Balaban J connectivity index is 1.89. The molecule has 0 aromatic carbocycles. The molecule has 9 heteroatoms. The van der Waals surface area contributed by atoms with Crippen LogP contribution in [0, 0.1) is 6.92 Å². The van der Waals surface area contributed by atoms with Crippen LogP contribution in [0.2, 0.25) is 0 Å². The number of urea groups is 1. The van der Waals surface area contributed by atoms with E-state index < -0.39 is 12.0 Å². The van der Waals surface area contributed by atoms with Crippen molar-refractivity contribution in [1.29, 1.82) is 0 Å². The first-order chi connectivity index (χ1) is 9.99. The van der Waals surface area contributed by atoms with E-state index >= 15 is 0 Å². The van der Waals surface area contributed by atoms with Gasteiger partial charge in [-0.15, -0.1) is 10.2 Å². The van der Waals surface area contributed by atoms with Crippen LogP contribution in [-0.2, 0) is 13.0 Å². The molecule has 2 aromatic heterocycles. The largest absolute Gasteiger partial charge is 0.478 e. The number of aromatic nitrogens is 2. The highest BCUT2D eigenvalue weighted by atomic mass is 32.1. The number of hydrogen-bond acceptors (Lipinski definition) is 6. The van der Waals surface area contributed by atoms with E-state index in [2.05, 4.69) is 20.8 Å². The van der Waals surface area contributed by atoms with Crippen molar-refractivity contribution in [3.8, 4) is 0 Å². The minimum absolute atomic E-state index is 0.0827. The number of aromatic carboxylic acids is 1. The molecule has 21 heavy (non-hydrogen) atoms. The Kier molecular flexibility index (Phi) is 4.53. The van der Waals surface area contributed by atoms with E-state index in [9.17, 15) is 9.59 Å². The number of nitrogens with one attached hydrogen (secondary N) is 2. The summed E-state index contributed by atoms with van der Waals surface area (Å²) in [5, 5.41) is 22.9. The monoisotopic (exact) mass is 310 g/mol. The number of carbonyl (C=O) groups is 2. The van der Waals surface area contributed by atoms with Crippen LogP contribution < -0.4 is 10.6 Å². The minimum Gasteiger partial charge on any atom is -0.478 e. The molecule has 2 amide bonds. The number of hydrogen-bond donors (Lipinski definition) is 3. The Bertz CT molecular complexity index is 664. The third-order valence-electron chi connectivity index (χ3n) is 2.61. The van der Waals surface area contributed by atoms with E-state index in [0.717, 1.165) is 11.4 Å². The van der Waals surface area contributed by atoms with Crippen molar-refractivity contribution >= 4 is 28.5 Å². The molecule has 0 saturated carbocycles. The zero-order valence-electron chi connectivity index (χ0n) is 11.5. The third kappa shape index (κ3) is 3.78. The SMILES string of the molecule is CCc1nnc(NC(=O)NCc2cc(C(=O)O)c(C)o2)s1. The normalized spacial score (nSPS) is 10.4. The van der Waals surface area contributed by atoms with Gasteiger partial charge >= 0.3 is 12.0 Å². The standard InChI is InChI=1S/C12H14N4O4S/c1-3-9-15-16-12(21-9)14-11(19)13-5-7-4-8(10(17)18)6(2)20-7/h4H,3,5H2,1-2H3,(H,17,18)(H2,13,14,16,19). The molecule has 0 aliphatic carbocycles. The van der Waals surface area contributed by atoms with Crippen molar-refractivity contribution in [3.63, 3.8) is 0 Å². The van der Waals surface area contributed by atoms with E-state index in [0.29, 0.717) is 16.7 Å². The molecule has 0 bridgehead atoms. The van der Waals surface area contributed by atoms with E-state index in [1.807, 2.05) is 6.92 Å². The number of carboxylic acid groups (broad SMARTS) is 1. The molecule has 112 valence electrons. The molecule has 3 N–H and O–H groups in total. The molecule has 0 aliphatic heterocycles. The molecule has 0 fully saturated rings. The molecule has 0 atom stereocenters. The maximum Gasteiger partial charge on any atom is 0.339 e. The number of aryl methyl sites for hydroxylation is 2. The van der Waals surface area contributed by atoms with Crippen molar-refractivity contribution in [2.75, 3.05) is 5.32 Å². The van der Waals surface area contributed by atoms with E-state index in [-0.39, 0.29) is 12.1 Å². The second-order valence-corrected chi connectivity index (χ2v) is 5.21. The Morgan fingerprint density at radius 2 is 2.19 bits per heavy atom. The van der Waals surface area contributed by atoms with Crippen LogP contribution in [0.1, 0.15) is 33.8 Å². The predicted octanol–water partition coefficient (Wildman–Crippen LogP) is 2.02. The summed E-state index contributed by atoms with van der Waals surface area (Å²) in [6.07, 6.45) is 0.755. The molecule has 0 saturated heterocycles. The summed E-state index contributed by atoms with van der Waals surface area (Å²) in [4.78, 5) is 22.5. The summed E-state index contributed by atoms with van der Waals surface area (Å²) in [5.74, 6) is -0.393. The lowest BCUT2D eigenvalue weighted by atomic mass is 10.2. The van der Waals surface area contributed by atoms with Crippen LogP contribution in [0.25, 0.3) is 0 Å². The van der Waals surface area contributed by atoms with E-state index in [1.165, 1.54) is 17.4 Å². The summed E-state index contributed by atoms with van der Waals surface area (Å²) in [7, 11) is 0. The molecule has 0 radical (unpaired) electrons. The van der Waals surface area contributed by atoms with Crippen molar-refractivity contribution in [1.82, 2.24) is 15.5 Å². The molecule has 0 unspecified atom stereocenters. The van der Waals surface area contributed by atoms with Crippen LogP contribution in [0.15, 0.2) is 10.5 Å². The van der Waals surface area contributed by atoms with Gasteiger partial charge in [-0.3, -0.25) is 5.32 Å². The number of carboxylic acids is 1.